The first-order chi connectivity index (χ1) is 12.4. The summed E-state index contributed by atoms with van der Waals surface area (Å²) in [6, 6.07) is 5.65. The Morgan fingerprint density at radius 3 is 2.77 bits per heavy atom. The van der Waals surface area contributed by atoms with Gasteiger partial charge in [-0.05, 0) is 18.6 Å². The molecule has 26 heavy (non-hydrogen) atoms. The number of hydrogen-bond donors (Lipinski definition) is 2. The fourth-order valence-corrected chi connectivity index (χ4v) is 3.78. The molecule has 1 amide bonds. The number of benzene rings is 1. The van der Waals surface area contributed by atoms with E-state index in [1.54, 1.807) is 4.57 Å². The molecule has 0 atom stereocenters. The van der Waals surface area contributed by atoms with E-state index in [9.17, 15) is 14.9 Å². The Hall–Kier alpha value is -3.38. The van der Waals surface area contributed by atoms with Crippen molar-refractivity contribution in [3.05, 3.63) is 35.2 Å². The van der Waals surface area contributed by atoms with Crippen molar-refractivity contribution in [1.29, 1.82) is 5.26 Å². The van der Waals surface area contributed by atoms with Crippen LogP contribution < -0.4 is 11.1 Å². The zero-order chi connectivity index (χ0) is 19.0. The van der Waals surface area contributed by atoms with Crippen molar-refractivity contribution in [3.63, 3.8) is 0 Å². The van der Waals surface area contributed by atoms with Gasteiger partial charge in [0.25, 0.3) is 0 Å². The number of carbonyl (C=O) groups is 2. The number of aryl methyl sites for hydroxylation is 1. The lowest BCUT2D eigenvalue weighted by Crippen LogP contribution is -2.11. The van der Waals surface area contributed by atoms with Crippen molar-refractivity contribution < 1.29 is 14.3 Å². The van der Waals surface area contributed by atoms with Gasteiger partial charge in [0.2, 0.25) is 5.91 Å². The van der Waals surface area contributed by atoms with Gasteiger partial charge in [-0.1, -0.05) is 17.4 Å². The van der Waals surface area contributed by atoms with Crippen molar-refractivity contribution in [2.45, 2.75) is 13.8 Å². The van der Waals surface area contributed by atoms with E-state index >= 15 is 0 Å². The molecule has 3 rings (SSSR count). The normalized spacial score (nSPS) is 10.5. The lowest BCUT2D eigenvalue weighted by molar-refractivity contribution is -0.114. The van der Waals surface area contributed by atoms with Crippen LogP contribution >= 0.6 is 11.3 Å². The molecule has 132 valence electrons. The molecular formula is C17H15N5O3S. The van der Waals surface area contributed by atoms with E-state index in [0.29, 0.717) is 16.3 Å². The molecule has 2 aromatic heterocycles. The van der Waals surface area contributed by atoms with Crippen LogP contribution in [0.4, 0.5) is 10.8 Å². The topological polar surface area (TPSA) is 123 Å². The number of rotatable bonds is 3. The summed E-state index contributed by atoms with van der Waals surface area (Å²) in [5.41, 5.74) is 8.45. The summed E-state index contributed by atoms with van der Waals surface area (Å²) >= 11 is 1.27. The van der Waals surface area contributed by atoms with Crippen LogP contribution in [0.15, 0.2) is 18.3 Å². The number of nitrogen functional groups attached to an aromatic ring is 1. The van der Waals surface area contributed by atoms with E-state index in [0.717, 1.165) is 10.3 Å². The number of nitriles is 1. The van der Waals surface area contributed by atoms with Gasteiger partial charge in [-0.15, -0.1) is 0 Å². The molecule has 0 saturated carbocycles. The average Bonchev–Trinajstić information content (AvgIpc) is 3.13. The monoisotopic (exact) mass is 369 g/mol. The fourth-order valence-electron chi connectivity index (χ4n) is 2.67. The maximum atomic E-state index is 12.3. The van der Waals surface area contributed by atoms with Gasteiger partial charge in [0, 0.05) is 13.1 Å². The van der Waals surface area contributed by atoms with Gasteiger partial charge in [0.15, 0.2) is 10.8 Å². The summed E-state index contributed by atoms with van der Waals surface area (Å²) in [5.74, 6) is -0.874. The average molecular weight is 369 g/mol. The highest BCUT2D eigenvalue weighted by molar-refractivity contribution is 7.22. The molecule has 8 nitrogen and oxygen atoms in total. The third-order valence-electron chi connectivity index (χ3n) is 3.80. The Morgan fingerprint density at radius 2 is 2.15 bits per heavy atom. The van der Waals surface area contributed by atoms with Gasteiger partial charge in [-0.3, -0.25) is 4.79 Å². The van der Waals surface area contributed by atoms with Crippen molar-refractivity contribution in [1.82, 2.24) is 9.55 Å². The van der Waals surface area contributed by atoms with E-state index < -0.39 is 5.97 Å². The Bertz CT molecular complexity index is 1090. The molecule has 3 N–H and O–H groups in total. The summed E-state index contributed by atoms with van der Waals surface area (Å²) in [4.78, 5) is 28.0. The molecule has 0 aliphatic heterocycles. The van der Waals surface area contributed by atoms with Gasteiger partial charge in [-0.2, -0.15) is 5.26 Å². The molecule has 0 aliphatic carbocycles. The largest absolute Gasteiger partial charge is 0.464 e. The Kier molecular flexibility index (Phi) is 4.36. The first kappa shape index (κ1) is 17.4. The molecule has 1 aromatic carbocycles. The zero-order valence-corrected chi connectivity index (χ0v) is 15.1. The van der Waals surface area contributed by atoms with Crippen LogP contribution in [0.3, 0.4) is 0 Å². The number of anilines is 2. The Morgan fingerprint density at radius 1 is 1.42 bits per heavy atom. The maximum absolute atomic E-state index is 12.3. The zero-order valence-electron chi connectivity index (χ0n) is 14.3. The smallest absolute Gasteiger partial charge is 0.357 e. The number of thiazole rings is 1. The van der Waals surface area contributed by atoms with Crippen LogP contribution in [-0.4, -0.2) is 28.5 Å². The predicted molar refractivity (Wildman–Crippen MR) is 98.5 cm³/mol. The van der Waals surface area contributed by atoms with Gasteiger partial charge in [0.1, 0.15) is 6.07 Å². The van der Waals surface area contributed by atoms with Crippen molar-refractivity contribution in [3.8, 4) is 11.8 Å². The summed E-state index contributed by atoms with van der Waals surface area (Å²) < 4.78 is 7.13. The number of methoxy groups -OCH3 is 1. The molecule has 0 fully saturated rings. The van der Waals surface area contributed by atoms with Crippen LogP contribution in [0, 0.1) is 18.3 Å². The second-order valence-corrected chi connectivity index (χ2v) is 6.56. The summed E-state index contributed by atoms with van der Waals surface area (Å²) in [7, 11) is 1.25. The van der Waals surface area contributed by atoms with E-state index in [-0.39, 0.29) is 22.9 Å². The minimum Gasteiger partial charge on any atom is -0.464 e. The molecule has 0 saturated heterocycles. The highest BCUT2D eigenvalue weighted by Crippen LogP contribution is 2.36. The number of hydrogen-bond acceptors (Lipinski definition) is 7. The molecule has 2 heterocycles. The summed E-state index contributed by atoms with van der Waals surface area (Å²) in [6.45, 7) is 3.27. The first-order valence-electron chi connectivity index (χ1n) is 7.54. The van der Waals surface area contributed by atoms with Crippen LogP contribution in [0.1, 0.15) is 28.5 Å². The molecule has 0 aliphatic rings. The number of amides is 1. The van der Waals surface area contributed by atoms with Gasteiger partial charge in [-0.25, -0.2) is 9.78 Å². The van der Waals surface area contributed by atoms with Crippen molar-refractivity contribution in [2.75, 3.05) is 18.2 Å². The van der Waals surface area contributed by atoms with Gasteiger partial charge < -0.3 is 20.4 Å². The number of nitrogens with one attached hydrogen (secondary N) is 1. The standard InChI is InChI=1S/C17H15N5O3S/c1-8-4-5-11-15(26-17(21-11)20-9(2)23)13(8)22-7-10(6-18)12(19)14(22)16(24)25-3/h4-5,7H,19H2,1-3H3,(H,20,21,23). The van der Waals surface area contributed by atoms with E-state index in [1.807, 2.05) is 25.1 Å². The van der Waals surface area contributed by atoms with E-state index in [2.05, 4.69) is 10.3 Å². The molecule has 0 spiro atoms. The first-order valence-corrected chi connectivity index (χ1v) is 8.36. The third kappa shape index (κ3) is 2.76. The highest BCUT2D eigenvalue weighted by Gasteiger charge is 2.24. The van der Waals surface area contributed by atoms with Crippen molar-refractivity contribution >= 4 is 44.2 Å². The second-order valence-electron chi connectivity index (χ2n) is 5.56. The van der Waals surface area contributed by atoms with Crippen LogP contribution in [-0.2, 0) is 9.53 Å². The van der Waals surface area contributed by atoms with E-state index in [4.69, 9.17) is 10.5 Å². The number of aromatic nitrogens is 2. The predicted octanol–water partition coefficient (Wildman–Crippen LogP) is 2.59. The number of nitrogens with two attached hydrogens (primary N) is 1. The van der Waals surface area contributed by atoms with Crippen LogP contribution in [0.2, 0.25) is 0 Å². The lowest BCUT2D eigenvalue weighted by atomic mass is 10.2. The number of nitrogens with zero attached hydrogens (tertiary/aromatic N) is 3. The molecule has 0 bridgehead atoms. The SMILES string of the molecule is COC(=O)c1c(N)c(C#N)cn1-c1c(C)ccc2nc(NC(C)=O)sc12. The van der Waals surface area contributed by atoms with Crippen LogP contribution in [0.25, 0.3) is 15.9 Å². The van der Waals surface area contributed by atoms with E-state index in [1.165, 1.54) is 31.6 Å². The van der Waals surface area contributed by atoms with Gasteiger partial charge >= 0.3 is 5.97 Å². The minimum absolute atomic E-state index is 0.0577. The van der Waals surface area contributed by atoms with Crippen molar-refractivity contribution in [2.24, 2.45) is 0 Å². The summed E-state index contributed by atoms with van der Waals surface area (Å²) in [6.07, 6.45) is 1.50. The fraction of sp³-hybridized carbons (Fsp3) is 0.176. The molecule has 0 radical (unpaired) electrons. The second kappa shape index (κ2) is 6.50. The number of fused-ring (bicyclic) bond motifs is 1. The number of ether oxygens (including phenoxy) is 1. The highest BCUT2D eigenvalue weighted by atomic mass is 32.1. The maximum Gasteiger partial charge on any atom is 0.357 e. The molecule has 3 aromatic rings. The van der Waals surface area contributed by atoms with Crippen LogP contribution in [0.5, 0.6) is 0 Å². The minimum atomic E-state index is -0.646. The summed E-state index contributed by atoms with van der Waals surface area (Å²) in [5, 5.41) is 12.4. The lowest BCUT2D eigenvalue weighted by Gasteiger charge is -2.12. The molecular weight excluding hydrogens is 354 g/mol. The number of esters is 1. The Balaban J connectivity index is 2.33. The molecule has 0 unspecified atom stereocenters. The van der Waals surface area contributed by atoms with Gasteiger partial charge in [0.05, 0.1) is 34.3 Å². The molecule has 9 heteroatoms. The number of carbonyl (C=O) groups excluding carboxylic acids is 2. The Labute approximate surface area is 152 Å². The quantitative estimate of drug-likeness (QED) is 0.684. The third-order valence-corrected chi connectivity index (χ3v) is 4.79.